The molecule has 1 aliphatic heterocycles. The van der Waals surface area contributed by atoms with Crippen molar-refractivity contribution in [3.05, 3.63) is 64.9 Å². The lowest BCUT2D eigenvalue weighted by Gasteiger charge is -2.24. The molecule has 3 aromatic rings. The molecule has 2 aliphatic rings. The SMILES string of the molecule is CBCc1cc(CN2C(=O)C3(CCCC3)N=C2CCCC)ccc1-c1ccccc1S(=O)(=O)N(COC)c1noc(C)c1C. The molecule has 44 heavy (non-hydrogen) atoms. The number of hydrogen-bond donors (Lipinski definition) is 0. The van der Waals surface area contributed by atoms with E-state index in [1.54, 1.807) is 26.0 Å². The highest BCUT2D eigenvalue weighted by Crippen LogP contribution is 2.41. The van der Waals surface area contributed by atoms with E-state index in [0.717, 1.165) is 85.4 Å². The van der Waals surface area contributed by atoms with Crippen molar-refractivity contribution in [2.24, 2.45) is 4.99 Å². The van der Waals surface area contributed by atoms with E-state index in [2.05, 4.69) is 25.0 Å². The molecular weight excluding hydrogens is 575 g/mol. The molecule has 1 amide bonds. The van der Waals surface area contributed by atoms with Gasteiger partial charge in [-0.05, 0) is 55.9 Å². The van der Waals surface area contributed by atoms with Gasteiger partial charge in [-0.2, -0.15) is 0 Å². The molecule has 0 saturated heterocycles. The van der Waals surface area contributed by atoms with Crippen LogP contribution in [0.1, 0.15) is 74.3 Å². The number of nitrogens with zero attached hydrogens (tertiary/aromatic N) is 4. The van der Waals surface area contributed by atoms with Crippen LogP contribution in [0.3, 0.4) is 0 Å². The number of methoxy groups -OCH3 is 1. The lowest BCUT2D eigenvalue weighted by Crippen LogP contribution is -2.40. The third-order valence-corrected chi connectivity index (χ3v) is 10.6. The second kappa shape index (κ2) is 13.3. The summed E-state index contributed by atoms with van der Waals surface area (Å²) in [7, 11) is -1.75. The summed E-state index contributed by atoms with van der Waals surface area (Å²) in [5.74, 6) is 1.80. The number of benzene rings is 2. The first-order valence-corrected chi connectivity index (χ1v) is 17.2. The van der Waals surface area contributed by atoms with Crippen molar-refractivity contribution in [1.29, 1.82) is 0 Å². The third kappa shape index (κ3) is 5.96. The molecule has 1 aromatic heterocycles. The summed E-state index contributed by atoms with van der Waals surface area (Å²) < 4.78 is 40.2. The van der Waals surface area contributed by atoms with Crippen LogP contribution in [0.5, 0.6) is 0 Å². The molecule has 0 radical (unpaired) electrons. The topological polar surface area (TPSA) is 105 Å². The van der Waals surface area contributed by atoms with Crippen LogP contribution in [0.4, 0.5) is 5.82 Å². The second-order valence-electron chi connectivity index (χ2n) is 12.0. The van der Waals surface area contributed by atoms with Crippen molar-refractivity contribution in [3.63, 3.8) is 0 Å². The summed E-state index contributed by atoms with van der Waals surface area (Å²) in [6, 6.07) is 13.2. The Labute approximate surface area is 262 Å². The van der Waals surface area contributed by atoms with Gasteiger partial charge >= 0.3 is 0 Å². The minimum absolute atomic E-state index is 0.135. The highest BCUT2D eigenvalue weighted by Gasteiger charge is 2.49. The number of rotatable bonds is 13. The van der Waals surface area contributed by atoms with Gasteiger partial charge in [0.2, 0.25) is 0 Å². The van der Waals surface area contributed by atoms with Gasteiger partial charge in [0.1, 0.15) is 31.1 Å². The van der Waals surface area contributed by atoms with Crippen LogP contribution in [-0.4, -0.2) is 56.9 Å². The Morgan fingerprint density at radius 3 is 2.52 bits per heavy atom. The number of carbonyl (C=O) groups excluding carboxylic acids is 1. The number of hydrogen-bond acceptors (Lipinski definition) is 7. The van der Waals surface area contributed by atoms with E-state index in [-0.39, 0.29) is 23.4 Å². The first kappa shape index (κ1) is 32.0. The lowest BCUT2D eigenvalue weighted by atomic mass is 9.73. The van der Waals surface area contributed by atoms with Gasteiger partial charge in [-0.3, -0.25) is 14.7 Å². The maximum atomic E-state index is 14.2. The zero-order valence-electron chi connectivity index (χ0n) is 26.6. The van der Waals surface area contributed by atoms with Crippen LogP contribution in [-0.2, 0) is 32.4 Å². The van der Waals surface area contributed by atoms with Crippen LogP contribution in [0.2, 0.25) is 6.82 Å². The first-order valence-electron chi connectivity index (χ1n) is 15.7. The van der Waals surface area contributed by atoms with E-state index in [1.807, 2.05) is 29.2 Å². The average Bonchev–Trinajstić information content (AvgIpc) is 3.70. The average molecular weight is 619 g/mol. The van der Waals surface area contributed by atoms with E-state index >= 15 is 0 Å². The number of ether oxygens (including phenoxy) is 1. The van der Waals surface area contributed by atoms with Crippen molar-refractivity contribution < 1.29 is 22.5 Å². The predicted octanol–water partition coefficient (Wildman–Crippen LogP) is 5.99. The van der Waals surface area contributed by atoms with Crippen molar-refractivity contribution in [2.75, 3.05) is 18.1 Å². The number of anilines is 1. The largest absolute Gasteiger partial charge is 0.363 e. The molecule has 1 saturated carbocycles. The van der Waals surface area contributed by atoms with E-state index < -0.39 is 15.6 Å². The van der Waals surface area contributed by atoms with Crippen LogP contribution < -0.4 is 4.31 Å². The Bertz CT molecular complexity index is 1650. The number of aromatic nitrogens is 1. The highest BCUT2D eigenvalue weighted by atomic mass is 32.2. The number of carbonyl (C=O) groups is 1. The van der Waals surface area contributed by atoms with Crippen LogP contribution in [0.15, 0.2) is 56.9 Å². The van der Waals surface area contributed by atoms with Crippen LogP contribution in [0, 0.1) is 13.8 Å². The van der Waals surface area contributed by atoms with E-state index in [1.165, 1.54) is 7.11 Å². The quantitative estimate of drug-likeness (QED) is 0.172. The molecule has 5 rings (SSSR count). The Morgan fingerprint density at radius 2 is 1.86 bits per heavy atom. The van der Waals surface area contributed by atoms with Gasteiger partial charge in [0.05, 0.1) is 11.4 Å². The number of aliphatic imine (C=N–C) groups is 1. The molecule has 2 heterocycles. The fourth-order valence-corrected chi connectivity index (χ4v) is 7.98. The number of aryl methyl sites for hydroxylation is 1. The van der Waals surface area contributed by atoms with Gasteiger partial charge in [-0.25, -0.2) is 12.7 Å². The minimum atomic E-state index is -4.08. The van der Waals surface area contributed by atoms with Gasteiger partial charge in [-0.15, -0.1) is 0 Å². The molecule has 1 spiro atoms. The molecule has 2 aromatic carbocycles. The van der Waals surface area contributed by atoms with Crippen molar-refractivity contribution in [2.45, 2.75) is 95.8 Å². The second-order valence-corrected chi connectivity index (χ2v) is 13.8. The van der Waals surface area contributed by atoms with Crippen LogP contribution >= 0.6 is 0 Å². The smallest absolute Gasteiger partial charge is 0.268 e. The zero-order chi connectivity index (χ0) is 31.5. The van der Waals surface area contributed by atoms with E-state index in [4.69, 9.17) is 14.3 Å². The molecule has 0 bridgehead atoms. The number of sulfonamides is 1. The Hall–Kier alpha value is -3.44. The molecule has 11 heteroatoms. The first-order chi connectivity index (χ1) is 21.2. The molecule has 234 valence electrons. The summed E-state index contributed by atoms with van der Waals surface area (Å²) in [6.07, 6.45) is 7.35. The van der Waals surface area contributed by atoms with Crippen LogP contribution in [0.25, 0.3) is 11.1 Å². The Balaban J connectivity index is 1.52. The van der Waals surface area contributed by atoms with E-state index in [0.29, 0.717) is 23.4 Å². The standard InChI is InChI=1S/C33H43BN4O5S/c1-6-7-14-30-35-33(17-10-11-18-33)32(39)37(30)21-25-15-16-27(26(19-25)20-34-4)28-12-8-9-13-29(28)44(40,41)38(22-42-5)31-23(2)24(3)43-36-31/h8-9,12-13,15-16,19,34H,6-7,10-11,14,17-18,20-22H2,1-5H3. The monoisotopic (exact) mass is 618 g/mol. The summed E-state index contributed by atoms with van der Waals surface area (Å²) in [4.78, 5) is 20.9. The number of amidine groups is 1. The molecule has 1 fully saturated rings. The van der Waals surface area contributed by atoms with Gasteiger partial charge in [0, 0.05) is 24.7 Å². The molecule has 0 atom stereocenters. The van der Waals surface area contributed by atoms with Crippen molar-refractivity contribution in [1.82, 2.24) is 10.1 Å². The molecule has 1 aliphatic carbocycles. The minimum Gasteiger partial charge on any atom is -0.363 e. The molecule has 0 unspecified atom stereocenters. The summed E-state index contributed by atoms with van der Waals surface area (Å²) in [6.45, 7) is 8.05. The predicted molar refractivity (Wildman–Crippen MR) is 175 cm³/mol. The summed E-state index contributed by atoms with van der Waals surface area (Å²) in [5.41, 5.74) is 3.57. The Kier molecular flexibility index (Phi) is 9.65. The molecule has 9 nitrogen and oxygen atoms in total. The number of unbranched alkanes of at least 4 members (excludes halogenated alkanes) is 1. The molecule has 0 N–H and O–H groups in total. The summed E-state index contributed by atoms with van der Waals surface area (Å²) >= 11 is 0. The maximum Gasteiger partial charge on any atom is 0.268 e. The van der Waals surface area contributed by atoms with Crippen molar-refractivity contribution in [3.8, 4) is 11.1 Å². The normalized spacial score (nSPS) is 16.2. The fourth-order valence-electron chi connectivity index (χ4n) is 6.40. The highest BCUT2D eigenvalue weighted by molar-refractivity contribution is 7.93. The van der Waals surface area contributed by atoms with Gasteiger partial charge < -0.3 is 9.26 Å². The third-order valence-electron chi connectivity index (χ3n) is 8.87. The fraction of sp³-hybridized carbons (Fsp3) is 0.485. The van der Waals surface area contributed by atoms with Crippen molar-refractivity contribution >= 4 is 34.9 Å². The number of amides is 1. The van der Waals surface area contributed by atoms with Gasteiger partial charge in [0.25, 0.3) is 15.9 Å². The van der Waals surface area contributed by atoms with E-state index in [9.17, 15) is 13.2 Å². The lowest BCUT2D eigenvalue weighted by molar-refractivity contribution is -0.131. The van der Waals surface area contributed by atoms with Gasteiger partial charge in [-0.1, -0.05) is 80.9 Å². The zero-order valence-corrected chi connectivity index (χ0v) is 27.4. The molecular formula is C33H43BN4O5S. The van der Waals surface area contributed by atoms with Gasteiger partial charge in [0.15, 0.2) is 5.82 Å². The maximum absolute atomic E-state index is 14.2. The Morgan fingerprint density at radius 1 is 1.11 bits per heavy atom. The summed E-state index contributed by atoms with van der Waals surface area (Å²) in [5, 5.41) is 4.04.